The van der Waals surface area contributed by atoms with Crippen LogP contribution in [0.5, 0.6) is 0 Å². The first-order chi connectivity index (χ1) is 10.2. The van der Waals surface area contributed by atoms with Gasteiger partial charge in [0.25, 0.3) is 0 Å². The fraction of sp³-hybridized carbons (Fsp3) is 0.333. The van der Waals surface area contributed by atoms with Crippen molar-refractivity contribution in [3.8, 4) is 0 Å². The number of thioether (sulfide) groups is 1. The maximum Gasteiger partial charge on any atom is 0.416 e. The molecule has 0 bridgehead atoms. The Bertz CT molecular complexity index is 607. The molecule has 1 fully saturated rings. The van der Waals surface area contributed by atoms with Gasteiger partial charge in [-0.2, -0.15) is 26.9 Å². The Morgan fingerprint density at radius 2 is 2.09 bits per heavy atom. The number of amides is 1. The summed E-state index contributed by atoms with van der Waals surface area (Å²) in [5, 5.41) is -0.0634. The SMILES string of the molecule is O=C(N=C1SC(Br)CN1c1cccc(C(F)(F)F)c1)C(F)F. The zero-order valence-corrected chi connectivity index (χ0v) is 13.1. The number of anilines is 1. The largest absolute Gasteiger partial charge is 0.416 e. The monoisotopic (exact) mass is 402 g/mol. The van der Waals surface area contributed by atoms with E-state index in [4.69, 9.17) is 0 Å². The van der Waals surface area contributed by atoms with E-state index in [1.165, 1.54) is 17.0 Å². The topological polar surface area (TPSA) is 32.7 Å². The second kappa shape index (κ2) is 6.53. The molecule has 1 aromatic carbocycles. The van der Waals surface area contributed by atoms with Crippen molar-refractivity contribution in [2.45, 2.75) is 16.8 Å². The highest BCUT2D eigenvalue weighted by atomic mass is 79.9. The first-order valence-corrected chi connectivity index (χ1v) is 7.64. The highest BCUT2D eigenvalue weighted by Crippen LogP contribution is 2.37. The molecule has 1 saturated heterocycles. The van der Waals surface area contributed by atoms with Gasteiger partial charge in [0, 0.05) is 12.2 Å². The summed E-state index contributed by atoms with van der Waals surface area (Å²) in [6.07, 6.45) is -7.78. The van der Waals surface area contributed by atoms with Crippen LogP contribution < -0.4 is 4.90 Å². The summed E-state index contributed by atoms with van der Waals surface area (Å²) in [5.41, 5.74) is -0.738. The van der Waals surface area contributed by atoms with Crippen LogP contribution in [0.3, 0.4) is 0 Å². The lowest BCUT2D eigenvalue weighted by Gasteiger charge is -2.19. The Labute approximate surface area is 134 Å². The number of benzene rings is 1. The zero-order valence-electron chi connectivity index (χ0n) is 10.6. The number of rotatable bonds is 2. The van der Waals surface area contributed by atoms with Crippen molar-refractivity contribution in [3.05, 3.63) is 29.8 Å². The Kier molecular flexibility index (Phi) is 5.10. The number of hydrogen-bond donors (Lipinski definition) is 0. The number of hydrogen-bond acceptors (Lipinski definition) is 2. The molecule has 0 aromatic heterocycles. The van der Waals surface area contributed by atoms with E-state index in [1.807, 2.05) is 0 Å². The van der Waals surface area contributed by atoms with E-state index in [-0.39, 0.29) is 21.6 Å². The molecule has 0 aliphatic carbocycles. The average molecular weight is 403 g/mol. The minimum Gasteiger partial charge on any atom is -0.319 e. The van der Waals surface area contributed by atoms with Gasteiger partial charge in [0.1, 0.15) is 0 Å². The fourth-order valence-electron chi connectivity index (χ4n) is 1.73. The Morgan fingerprint density at radius 1 is 1.41 bits per heavy atom. The van der Waals surface area contributed by atoms with Crippen molar-refractivity contribution in [2.24, 2.45) is 4.99 Å². The molecule has 1 aliphatic heterocycles. The van der Waals surface area contributed by atoms with Crippen LogP contribution in [-0.4, -0.2) is 28.2 Å². The molecule has 0 saturated carbocycles. The molecule has 1 atom stereocenters. The summed E-state index contributed by atoms with van der Waals surface area (Å²) in [7, 11) is 0. The minimum absolute atomic E-state index is 0.0634. The van der Waals surface area contributed by atoms with Gasteiger partial charge in [-0.05, 0) is 18.2 Å². The van der Waals surface area contributed by atoms with E-state index in [9.17, 15) is 26.7 Å². The van der Waals surface area contributed by atoms with Crippen molar-refractivity contribution in [1.82, 2.24) is 0 Å². The van der Waals surface area contributed by atoms with Crippen molar-refractivity contribution < 1.29 is 26.7 Å². The molecule has 10 heteroatoms. The van der Waals surface area contributed by atoms with Gasteiger partial charge in [-0.15, -0.1) is 0 Å². The third-order valence-electron chi connectivity index (χ3n) is 2.67. The maximum atomic E-state index is 12.7. The summed E-state index contributed by atoms with van der Waals surface area (Å²) < 4.78 is 62.5. The Balaban J connectivity index is 2.35. The van der Waals surface area contributed by atoms with Gasteiger partial charge in [-0.1, -0.05) is 33.8 Å². The van der Waals surface area contributed by atoms with Crippen LogP contribution in [0.15, 0.2) is 29.3 Å². The van der Waals surface area contributed by atoms with Gasteiger partial charge in [-0.3, -0.25) is 4.79 Å². The molecule has 3 nitrogen and oxygen atoms in total. The molecule has 2 rings (SSSR count). The molecule has 1 aromatic rings. The lowest BCUT2D eigenvalue weighted by molar-refractivity contribution is -0.137. The first kappa shape index (κ1) is 17.2. The molecular weight excluding hydrogens is 395 g/mol. The second-order valence-corrected chi connectivity index (χ2v) is 7.10. The number of carbonyl (C=O) groups excluding carboxylic acids is 1. The lowest BCUT2D eigenvalue weighted by Crippen LogP contribution is -2.26. The molecule has 1 aliphatic rings. The third kappa shape index (κ3) is 3.97. The summed E-state index contributed by atoms with van der Waals surface area (Å²) in [5.74, 6) is -1.62. The van der Waals surface area contributed by atoms with Crippen molar-refractivity contribution >= 4 is 44.5 Å². The molecule has 120 valence electrons. The van der Waals surface area contributed by atoms with Crippen molar-refractivity contribution in [3.63, 3.8) is 0 Å². The van der Waals surface area contributed by atoms with Crippen LogP contribution in [0.25, 0.3) is 0 Å². The van der Waals surface area contributed by atoms with E-state index >= 15 is 0 Å². The quantitative estimate of drug-likeness (QED) is 0.550. The highest BCUT2D eigenvalue weighted by molar-refractivity contribution is 9.11. The Morgan fingerprint density at radius 3 is 2.68 bits per heavy atom. The number of aliphatic imine (C=N–C) groups is 1. The molecular formula is C12H8BrF5N2OS. The van der Waals surface area contributed by atoms with Crippen LogP contribution in [0.1, 0.15) is 5.56 Å². The number of alkyl halides is 6. The van der Waals surface area contributed by atoms with Gasteiger partial charge in [0.05, 0.1) is 9.72 Å². The van der Waals surface area contributed by atoms with Crippen LogP contribution in [0.2, 0.25) is 0 Å². The molecule has 22 heavy (non-hydrogen) atoms. The molecule has 1 heterocycles. The van der Waals surface area contributed by atoms with Crippen LogP contribution in [-0.2, 0) is 11.0 Å². The standard InChI is InChI=1S/C12H8BrF5N2OS/c13-8-5-20(11(22-8)19-10(21)9(14)15)7-3-1-2-6(4-7)12(16,17)18/h1-4,8-9H,5H2. The normalized spacial score (nSPS) is 21.0. The van der Waals surface area contributed by atoms with Crippen molar-refractivity contribution in [2.75, 3.05) is 11.4 Å². The van der Waals surface area contributed by atoms with E-state index in [0.717, 1.165) is 23.9 Å². The fourth-order valence-corrected chi connectivity index (χ4v) is 3.43. The highest BCUT2D eigenvalue weighted by Gasteiger charge is 2.34. The number of halogens is 6. The number of nitrogens with zero attached hydrogens (tertiary/aromatic N) is 2. The van der Waals surface area contributed by atoms with Gasteiger partial charge in [0.2, 0.25) is 0 Å². The molecule has 0 spiro atoms. The van der Waals surface area contributed by atoms with Crippen molar-refractivity contribution in [1.29, 1.82) is 0 Å². The van der Waals surface area contributed by atoms with Gasteiger partial charge in [0.15, 0.2) is 5.17 Å². The molecule has 0 N–H and O–H groups in total. The van der Waals surface area contributed by atoms with Crippen LogP contribution >= 0.6 is 27.7 Å². The first-order valence-electron chi connectivity index (χ1n) is 5.84. The van der Waals surface area contributed by atoms with Crippen LogP contribution in [0, 0.1) is 0 Å². The van der Waals surface area contributed by atoms with E-state index in [2.05, 4.69) is 20.9 Å². The number of carbonyl (C=O) groups is 1. The maximum absolute atomic E-state index is 12.7. The third-order valence-corrected chi connectivity index (χ3v) is 4.45. The summed E-state index contributed by atoms with van der Waals surface area (Å²) in [4.78, 5) is 15.6. The summed E-state index contributed by atoms with van der Waals surface area (Å²) in [6, 6.07) is 4.38. The smallest absolute Gasteiger partial charge is 0.319 e. The minimum atomic E-state index is -4.52. The lowest BCUT2D eigenvalue weighted by atomic mass is 10.2. The summed E-state index contributed by atoms with van der Waals surface area (Å²) in [6.45, 7) is 0.196. The van der Waals surface area contributed by atoms with Gasteiger partial charge < -0.3 is 4.90 Å². The van der Waals surface area contributed by atoms with E-state index in [1.54, 1.807) is 0 Å². The van der Waals surface area contributed by atoms with E-state index < -0.39 is 24.1 Å². The average Bonchev–Trinajstić information content (AvgIpc) is 2.78. The predicted molar refractivity (Wildman–Crippen MR) is 77.5 cm³/mol. The second-order valence-electron chi connectivity index (χ2n) is 4.22. The molecule has 1 unspecified atom stereocenters. The zero-order chi connectivity index (χ0) is 16.5. The molecule has 1 amide bonds. The number of amidine groups is 1. The van der Waals surface area contributed by atoms with E-state index in [0.29, 0.717) is 0 Å². The Hall–Kier alpha value is -1.16. The van der Waals surface area contributed by atoms with Crippen LogP contribution in [0.4, 0.5) is 27.6 Å². The molecule has 0 radical (unpaired) electrons. The van der Waals surface area contributed by atoms with Gasteiger partial charge >= 0.3 is 18.5 Å². The summed E-state index contributed by atoms with van der Waals surface area (Å²) >= 11 is 4.21. The van der Waals surface area contributed by atoms with Gasteiger partial charge in [-0.25, -0.2) is 0 Å². The predicted octanol–water partition coefficient (Wildman–Crippen LogP) is 4.13.